The molecule has 80 valence electrons. The van der Waals surface area contributed by atoms with Gasteiger partial charge in [0, 0.05) is 24.4 Å². The number of ether oxygens (including phenoxy) is 1. The van der Waals surface area contributed by atoms with Gasteiger partial charge in [-0.25, -0.2) is 0 Å². The molecule has 0 aliphatic carbocycles. The lowest BCUT2D eigenvalue weighted by molar-refractivity contribution is 0.139. The van der Waals surface area contributed by atoms with Gasteiger partial charge in [-0.05, 0) is 31.4 Å². The van der Waals surface area contributed by atoms with Gasteiger partial charge in [-0.3, -0.25) is 0 Å². The molecular weight excluding hydrogens is 186 g/mol. The summed E-state index contributed by atoms with van der Waals surface area (Å²) in [5, 5.41) is 1.31. The molecule has 0 saturated heterocycles. The Morgan fingerprint density at radius 2 is 2.07 bits per heavy atom. The molecule has 0 atom stereocenters. The molecule has 0 N–H and O–H groups in total. The number of hydrogen-bond donors (Lipinski definition) is 0. The monoisotopic (exact) mass is 203 g/mol. The molecule has 2 rings (SSSR count). The van der Waals surface area contributed by atoms with Crippen LogP contribution in [0.15, 0.2) is 30.3 Å². The Kier molecular flexibility index (Phi) is 3.07. The Morgan fingerprint density at radius 3 is 2.87 bits per heavy atom. The van der Waals surface area contributed by atoms with Crippen molar-refractivity contribution in [2.75, 3.05) is 13.2 Å². The van der Waals surface area contributed by atoms with Crippen LogP contribution in [0, 0.1) is 6.92 Å². The van der Waals surface area contributed by atoms with Crippen LogP contribution in [0.3, 0.4) is 0 Å². The predicted molar refractivity (Wildman–Crippen MR) is 63.2 cm³/mol. The molecule has 1 heterocycles. The van der Waals surface area contributed by atoms with Crippen molar-refractivity contribution < 1.29 is 4.74 Å². The fraction of sp³-hybridized carbons (Fsp3) is 0.385. The van der Waals surface area contributed by atoms with Gasteiger partial charge in [0.25, 0.3) is 0 Å². The summed E-state index contributed by atoms with van der Waals surface area (Å²) < 4.78 is 7.70. The molecule has 2 heteroatoms. The number of nitrogens with zero attached hydrogens (tertiary/aromatic N) is 1. The van der Waals surface area contributed by atoms with E-state index in [4.69, 9.17) is 4.74 Å². The van der Waals surface area contributed by atoms with Gasteiger partial charge in [-0.15, -0.1) is 0 Å². The number of fused-ring (bicyclic) bond motifs is 1. The first-order valence-electron chi connectivity index (χ1n) is 5.45. The van der Waals surface area contributed by atoms with Crippen LogP contribution < -0.4 is 0 Å². The second-order valence-corrected chi connectivity index (χ2v) is 3.69. The number of rotatable bonds is 4. The van der Waals surface area contributed by atoms with Crippen molar-refractivity contribution in [1.82, 2.24) is 4.57 Å². The van der Waals surface area contributed by atoms with Gasteiger partial charge >= 0.3 is 0 Å². The normalized spacial score (nSPS) is 11.1. The lowest BCUT2D eigenvalue weighted by Crippen LogP contribution is -2.06. The maximum Gasteiger partial charge on any atom is 0.0645 e. The Labute approximate surface area is 90.5 Å². The summed E-state index contributed by atoms with van der Waals surface area (Å²) in [6.45, 7) is 6.69. The highest BCUT2D eigenvalue weighted by atomic mass is 16.5. The summed E-state index contributed by atoms with van der Waals surface area (Å²) in [5.41, 5.74) is 2.60. The van der Waals surface area contributed by atoms with Crippen LogP contribution in [0.1, 0.15) is 12.6 Å². The topological polar surface area (TPSA) is 14.2 Å². The number of para-hydroxylation sites is 1. The van der Waals surface area contributed by atoms with Crippen molar-refractivity contribution in [3.63, 3.8) is 0 Å². The fourth-order valence-corrected chi connectivity index (χ4v) is 1.95. The molecule has 0 bridgehead atoms. The Balaban J connectivity index is 2.28. The average Bonchev–Trinajstić information content (AvgIpc) is 2.56. The van der Waals surface area contributed by atoms with E-state index in [1.807, 2.05) is 6.92 Å². The third-order valence-corrected chi connectivity index (χ3v) is 2.68. The van der Waals surface area contributed by atoms with Crippen LogP contribution in [-0.4, -0.2) is 17.8 Å². The summed E-state index contributed by atoms with van der Waals surface area (Å²) in [6.07, 6.45) is 0. The zero-order valence-corrected chi connectivity index (χ0v) is 9.36. The van der Waals surface area contributed by atoms with Crippen molar-refractivity contribution >= 4 is 10.9 Å². The van der Waals surface area contributed by atoms with E-state index in [0.29, 0.717) is 0 Å². The summed E-state index contributed by atoms with van der Waals surface area (Å²) in [6, 6.07) is 10.7. The maximum absolute atomic E-state index is 5.39. The van der Waals surface area contributed by atoms with Gasteiger partial charge in [-0.2, -0.15) is 0 Å². The smallest absolute Gasteiger partial charge is 0.0645 e. The fourth-order valence-electron chi connectivity index (χ4n) is 1.95. The van der Waals surface area contributed by atoms with E-state index in [2.05, 4.69) is 41.8 Å². The van der Waals surface area contributed by atoms with Crippen molar-refractivity contribution in [2.45, 2.75) is 20.4 Å². The van der Waals surface area contributed by atoms with Gasteiger partial charge in [0.15, 0.2) is 0 Å². The standard InChI is InChI=1S/C13H17NO/c1-3-15-9-8-14-11(2)10-12-6-4-5-7-13(12)14/h4-7,10H,3,8-9H2,1-2H3. The van der Waals surface area contributed by atoms with E-state index in [-0.39, 0.29) is 0 Å². The van der Waals surface area contributed by atoms with Crippen LogP contribution in [0.5, 0.6) is 0 Å². The van der Waals surface area contributed by atoms with E-state index in [1.165, 1.54) is 16.6 Å². The molecule has 2 nitrogen and oxygen atoms in total. The van der Waals surface area contributed by atoms with Crippen LogP contribution >= 0.6 is 0 Å². The lowest BCUT2D eigenvalue weighted by Gasteiger charge is -2.07. The highest BCUT2D eigenvalue weighted by Crippen LogP contribution is 2.18. The number of aryl methyl sites for hydroxylation is 1. The van der Waals surface area contributed by atoms with E-state index in [9.17, 15) is 0 Å². The zero-order chi connectivity index (χ0) is 10.7. The minimum absolute atomic E-state index is 0.788. The molecule has 1 aromatic carbocycles. The van der Waals surface area contributed by atoms with Crippen molar-refractivity contribution in [3.05, 3.63) is 36.0 Å². The first-order valence-corrected chi connectivity index (χ1v) is 5.45. The Hall–Kier alpha value is -1.28. The van der Waals surface area contributed by atoms with E-state index < -0.39 is 0 Å². The van der Waals surface area contributed by atoms with Crippen LogP contribution in [0.4, 0.5) is 0 Å². The van der Waals surface area contributed by atoms with E-state index in [1.54, 1.807) is 0 Å². The minimum Gasteiger partial charge on any atom is -0.380 e. The Bertz CT molecular complexity index is 445. The highest BCUT2D eigenvalue weighted by Gasteiger charge is 2.03. The predicted octanol–water partition coefficient (Wildman–Crippen LogP) is 2.99. The quantitative estimate of drug-likeness (QED) is 0.697. The molecule has 0 spiro atoms. The first-order chi connectivity index (χ1) is 7.33. The molecule has 1 aromatic heterocycles. The molecule has 0 saturated carbocycles. The second kappa shape index (κ2) is 4.49. The zero-order valence-electron chi connectivity index (χ0n) is 9.36. The van der Waals surface area contributed by atoms with Gasteiger partial charge in [0.1, 0.15) is 0 Å². The summed E-state index contributed by atoms with van der Waals surface area (Å²) in [4.78, 5) is 0. The van der Waals surface area contributed by atoms with Crippen molar-refractivity contribution in [3.8, 4) is 0 Å². The van der Waals surface area contributed by atoms with Crippen LogP contribution in [0.2, 0.25) is 0 Å². The summed E-state index contributed by atoms with van der Waals surface area (Å²) >= 11 is 0. The van der Waals surface area contributed by atoms with Gasteiger partial charge in [-0.1, -0.05) is 18.2 Å². The third-order valence-electron chi connectivity index (χ3n) is 2.68. The first kappa shape index (κ1) is 10.2. The number of benzene rings is 1. The molecule has 0 unspecified atom stereocenters. The van der Waals surface area contributed by atoms with Crippen molar-refractivity contribution in [2.24, 2.45) is 0 Å². The van der Waals surface area contributed by atoms with Gasteiger partial charge < -0.3 is 9.30 Å². The SMILES string of the molecule is CCOCCn1c(C)cc2ccccc21. The molecule has 0 fully saturated rings. The van der Waals surface area contributed by atoms with E-state index in [0.717, 1.165) is 19.8 Å². The number of hydrogen-bond acceptors (Lipinski definition) is 1. The van der Waals surface area contributed by atoms with Crippen LogP contribution in [-0.2, 0) is 11.3 Å². The molecule has 15 heavy (non-hydrogen) atoms. The average molecular weight is 203 g/mol. The molecule has 2 aromatic rings. The summed E-state index contributed by atoms with van der Waals surface area (Å²) in [5.74, 6) is 0. The van der Waals surface area contributed by atoms with E-state index >= 15 is 0 Å². The molecule has 0 aliphatic rings. The second-order valence-electron chi connectivity index (χ2n) is 3.69. The van der Waals surface area contributed by atoms with Gasteiger partial charge in [0.2, 0.25) is 0 Å². The number of aromatic nitrogens is 1. The lowest BCUT2D eigenvalue weighted by atomic mass is 10.2. The summed E-state index contributed by atoms with van der Waals surface area (Å²) in [7, 11) is 0. The molecular formula is C13H17NO. The largest absolute Gasteiger partial charge is 0.380 e. The maximum atomic E-state index is 5.39. The molecule has 0 radical (unpaired) electrons. The molecule has 0 amide bonds. The van der Waals surface area contributed by atoms with Crippen LogP contribution in [0.25, 0.3) is 10.9 Å². The van der Waals surface area contributed by atoms with Gasteiger partial charge in [0.05, 0.1) is 6.61 Å². The minimum atomic E-state index is 0.788. The third kappa shape index (κ3) is 2.05. The highest BCUT2D eigenvalue weighted by molar-refractivity contribution is 5.81. The molecule has 0 aliphatic heterocycles. The Morgan fingerprint density at radius 1 is 1.27 bits per heavy atom. The van der Waals surface area contributed by atoms with Crippen molar-refractivity contribution in [1.29, 1.82) is 0 Å².